The minimum Gasteiger partial charge on any atom is -0.341 e. The summed E-state index contributed by atoms with van der Waals surface area (Å²) in [5.74, 6) is 1.17. The normalized spacial score (nSPS) is 19.7. The van der Waals surface area contributed by atoms with Gasteiger partial charge in [-0.2, -0.15) is 0 Å². The largest absolute Gasteiger partial charge is 0.341 e. The van der Waals surface area contributed by atoms with Gasteiger partial charge in [-0.3, -0.25) is 14.2 Å². The van der Waals surface area contributed by atoms with Gasteiger partial charge in [0.15, 0.2) is 0 Å². The highest BCUT2D eigenvalue weighted by atomic mass is 16.2. The van der Waals surface area contributed by atoms with Crippen molar-refractivity contribution in [3.63, 3.8) is 0 Å². The summed E-state index contributed by atoms with van der Waals surface area (Å²) in [6, 6.07) is 7.29. The predicted molar refractivity (Wildman–Crippen MR) is 100 cm³/mol. The molecule has 1 N–H and O–H groups in total. The lowest BCUT2D eigenvalue weighted by Gasteiger charge is -2.26. The molecule has 1 aliphatic heterocycles. The van der Waals surface area contributed by atoms with Crippen molar-refractivity contribution >= 4 is 16.8 Å². The first-order valence-electron chi connectivity index (χ1n) is 9.51. The highest BCUT2D eigenvalue weighted by Gasteiger charge is 2.35. The fourth-order valence-electron chi connectivity index (χ4n) is 3.98. The maximum Gasteiger partial charge on any atom is 0.272 e. The topological polar surface area (TPSA) is 83.9 Å². The van der Waals surface area contributed by atoms with Crippen molar-refractivity contribution in [1.82, 2.24) is 24.4 Å². The van der Waals surface area contributed by atoms with Crippen LogP contribution < -0.4 is 5.56 Å². The van der Waals surface area contributed by atoms with Gasteiger partial charge in [0.2, 0.25) is 0 Å². The quantitative estimate of drug-likeness (QED) is 0.772. The van der Waals surface area contributed by atoms with Crippen LogP contribution in [0.4, 0.5) is 0 Å². The average Bonchev–Trinajstić information content (AvgIpc) is 3.15. The van der Waals surface area contributed by atoms with Crippen LogP contribution in [-0.4, -0.2) is 36.9 Å². The Morgan fingerprint density at radius 1 is 1.22 bits per heavy atom. The third-order valence-corrected chi connectivity index (χ3v) is 5.57. The smallest absolute Gasteiger partial charge is 0.272 e. The lowest BCUT2D eigenvalue weighted by atomic mass is 10.1. The summed E-state index contributed by atoms with van der Waals surface area (Å²) in [5.41, 5.74) is 1.17. The predicted octanol–water partition coefficient (Wildman–Crippen LogP) is 2.51. The molecule has 0 radical (unpaired) electrons. The van der Waals surface area contributed by atoms with Gasteiger partial charge >= 0.3 is 0 Å². The van der Waals surface area contributed by atoms with Crippen molar-refractivity contribution in [3.05, 3.63) is 58.7 Å². The van der Waals surface area contributed by atoms with Gasteiger partial charge in [0, 0.05) is 13.1 Å². The maximum atomic E-state index is 13.2. The van der Waals surface area contributed by atoms with E-state index < -0.39 is 0 Å². The zero-order chi connectivity index (χ0) is 18.4. The summed E-state index contributed by atoms with van der Waals surface area (Å²) in [6.45, 7) is 1.35. The van der Waals surface area contributed by atoms with Crippen molar-refractivity contribution < 1.29 is 4.79 Å². The molecule has 7 nitrogen and oxygen atoms in total. The molecule has 1 unspecified atom stereocenters. The molecule has 1 aromatic carbocycles. The Morgan fingerprint density at radius 3 is 2.85 bits per heavy atom. The molecule has 0 spiro atoms. The van der Waals surface area contributed by atoms with Crippen LogP contribution in [0, 0.1) is 5.92 Å². The number of imidazole rings is 1. The molecule has 7 heteroatoms. The molecule has 5 rings (SSSR count). The molecular formula is C20H21N5O2. The third kappa shape index (κ3) is 2.83. The molecule has 2 fully saturated rings. The van der Waals surface area contributed by atoms with Crippen LogP contribution in [0.15, 0.2) is 41.6 Å². The number of carbonyl (C=O) groups is 1. The van der Waals surface area contributed by atoms with Gasteiger partial charge in [0.1, 0.15) is 11.5 Å². The Kier molecular flexibility index (Phi) is 3.81. The van der Waals surface area contributed by atoms with Gasteiger partial charge in [0.25, 0.3) is 11.5 Å². The minimum atomic E-state index is -0.183. The molecule has 0 bridgehead atoms. The van der Waals surface area contributed by atoms with Gasteiger partial charge in [-0.25, -0.2) is 9.97 Å². The van der Waals surface area contributed by atoms with Crippen LogP contribution in [0.1, 0.15) is 48.0 Å². The SMILES string of the molecule is O=C(c1cnc[nH]1)N1CCCC1c1nc2ccccc2c(=O)n1CC1CC1. The number of fused-ring (bicyclic) bond motifs is 1. The number of likely N-dealkylation sites (tertiary alicyclic amines) is 1. The molecule has 1 saturated carbocycles. The number of carbonyl (C=O) groups excluding carboxylic acids is 1. The maximum absolute atomic E-state index is 13.2. The number of H-pyrrole nitrogens is 1. The molecule has 1 saturated heterocycles. The Hall–Kier alpha value is -2.96. The average molecular weight is 363 g/mol. The van der Waals surface area contributed by atoms with E-state index in [0.29, 0.717) is 35.6 Å². The first-order valence-corrected chi connectivity index (χ1v) is 9.51. The van der Waals surface area contributed by atoms with E-state index >= 15 is 0 Å². The summed E-state index contributed by atoms with van der Waals surface area (Å²) in [4.78, 5) is 39.6. The van der Waals surface area contributed by atoms with Crippen molar-refractivity contribution in [3.8, 4) is 0 Å². The Bertz CT molecular complexity index is 1050. The zero-order valence-corrected chi connectivity index (χ0v) is 15.0. The summed E-state index contributed by atoms with van der Waals surface area (Å²) in [6.07, 6.45) is 7.07. The summed E-state index contributed by atoms with van der Waals surface area (Å²) < 4.78 is 1.82. The number of nitrogens with zero attached hydrogens (tertiary/aromatic N) is 4. The Morgan fingerprint density at radius 2 is 2.07 bits per heavy atom. The number of nitrogens with one attached hydrogen (secondary N) is 1. The van der Waals surface area contributed by atoms with E-state index in [1.165, 1.54) is 6.33 Å². The lowest BCUT2D eigenvalue weighted by Crippen LogP contribution is -2.36. The van der Waals surface area contributed by atoms with E-state index in [1.807, 2.05) is 33.7 Å². The molecule has 3 heterocycles. The highest BCUT2D eigenvalue weighted by molar-refractivity contribution is 5.92. The first kappa shape index (κ1) is 16.2. The standard InChI is InChI=1S/C20H21N5O2/c26-19-14-4-1-2-5-15(14)23-18(25(19)11-13-7-8-13)17-6-3-9-24(17)20(27)16-10-21-12-22-16/h1-2,4-5,10,12-13,17H,3,6-9,11H2,(H,21,22). The highest BCUT2D eigenvalue weighted by Crippen LogP contribution is 2.35. The van der Waals surface area contributed by atoms with Crippen LogP contribution in [-0.2, 0) is 6.54 Å². The zero-order valence-electron chi connectivity index (χ0n) is 15.0. The summed E-state index contributed by atoms with van der Waals surface area (Å²) >= 11 is 0. The van der Waals surface area contributed by atoms with E-state index in [4.69, 9.17) is 4.98 Å². The molecule has 27 heavy (non-hydrogen) atoms. The summed E-state index contributed by atoms with van der Waals surface area (Å²) in [5, 5.41) is 0.645. The number of hydrogen-bond acceptors (Lipinski definition) is 4. The molecule has 1 amide bonds. The molecular weight excluding hydrogens is 342 g/mol. The molecule has 1 atom stereocenters. The minimum absolute atomic E-state index is 0.00309. The number of hydrogen-bond donors (Lipinski definition) is 1. The number of benzene rings is 1. The monoisotopic (exact) mass is 363 g/mol. The fraction of sp³-hybridized carbons (Fsp3) is 0.400. The van der Waals surface area contributed by atoms with Crippen LogP contribution in [0.5, 0.6) is 0 Å². The number of rotatable bonds is 4. The molecule has 138 valence electrons. The second-order valence-electron chi connectivity index (χ2n) is 7.47. The van der Waals surface area contributed by atoms with E-state index in [2.05, 4.69) is 9.97 Å². The van der Waals surface area contributed by atoms with E-state index in [-0.39, 0.29) is 17.5 Å². The van der Waals surface area contributed by atoms with E-state index in [1.54, 1.807) is 6.20 Å². The van der Waals surface area contributed by atoms with Gasteiger partial charge in [0.05, 0.1) is 29.5 Å². The molecule has 2 aliphatic rings. The second kappa shape index (κ2) is 6.33. The third-order valence-electron chi connectivity index (χ3n) is 5.57. The summed E-state index contributed by atoms with van der Waals surface area (Å²) in [7, 11) is 0. The van der Waals surface area contributed by atoms with Gasteiger partial charge in [-0.1, -0.05) is 12.1 Å². The van der Waals surface area contributed by atoms with Crippen LogP contribution in [0.25, 0.3) is 10.9 Å². The molecule has 2 aromatic heterocycles. The van der Waals surface area contributed by atoms with Crippen molar-refractivity contribution in [1.29, 1.82) is 0 Å². The van der Waals surface area contributed by atoms with Gasteiger partial charge < -0.3 is 9.88 Å². The van der Waals surface area contributed by atoms with Crippen LogP contribution >= 0.6 is 0 Å². The van der Waals surface area contributed by atoms with Crippen LogP contribution in [0.3, 0.4) is 0 Å². The second-order valence-corrected chi connectivity index (χ2v) is 7.47. The van der Waals surface area contributed by atoms with E-state index in [0.717, 1.165) is 31.5 Å². The van der Waals surface area contributed by atoms with E-state index in [9.17, 15) is 9.59 Å². The number of para-hydroxylation sites is 1. The molecule has 1 aliphatic carbocycles. The van der Waals surface area contributed by atoms with Gasteiger partial charge in [-0.15, -0.1) is 0 Å². The van der Waals surface area contributed by atoms with Crippen molar-refractivity contribution in [2.45, 2.75) is 38.3 Å². The molecule has 3 aromatic rings. The number of amides is 1. The number of aromatic amines is 1. The first-order chi connectivity index (χ1) is 13.2. The van der Waals surface area contributed by atoms with Crippen molar-refractivity contribution in [2.75, 3.05) is 6.54 Å². The number of aromatic nitrogens is 4. The van der Waals surface area contributed by atoms with Crippen LogP contribution in [0.2, 0.25) is 0 Å². The van der Waals surface area contributed by atoms with Gasteiger partial charge in [-0.05, 0) is 43.7 Å². The Labute approximate surface area is 156 Å². The fourth-order valence-corrected chi connectivity index (χ4v) is 3.98. The Balaban J connectivity index is 1.62. The van der Waals surface area contributed by atoms with Crippen molar-refractivity contribution in [2.24, 2.45) is 5.92 Å². The lowest BCUT2D eigenvalue weighted by molar-refractivity contribution is 0.0721.